The number of anilines is 1. The largest absolute Gasteiger partial charge is 0.480 e. The van der Waals surface area contributed by atoms with Crippen LogP contribution in [0.5, 0.6) is 0 Å². The first-order valence-corrected chi connectivity index (χ1v) is 8.21. The van der Waals surface area contributed by atoms with E-state index in [2.05, 4.69) is 21.1 Å². The third-order valence-corrected chi connectivity index (χ3v) is 3.21. The molecule has 0 heterocycles. The maximum atomic E-state index is 9.97. The Kier molecular flexibility index (Phi) is 8.98. The molecule has 2 aromatic rings. The van der Waals surface area contributed by atoms with Gasteiger partial charge in [-0.1, -0.05) is 5.22 Å². The molecule has 9 N–H and O–H groups in total. The molecule has 1 amide bonds. The van der Waals surface area contributed by atoms with E-state index in [0.717, 1.165) is 5.69 Å². The van der Waals surface area contributed by atoms with E-state index in [9.17, 15) is 9.59 Å². The van der Waals surface area contributed by atoms with Crippen molar-refractivity contribution in [1.29, 1.82) is 10.8 Å². The number of carboxylic acids is 1. The number of aliphatic carboxylic acids is 1. The molecule has 29 heavy (non-hydrogen) atoms. The third-order valence-electron chi connectivity index (χ3n) is 3.21. The predicted octanol–water partition coefficient (Wildman–Crippen LogP) is 1.57. The van der Waals surface area contributed by atoms with Crippen LogP contribution in [0, 0.1) is 10.8 Å². The van der Waals surface area contributed by atoms with Crippen molar-refractivity contribution in [2.45, 2.75) is 6.92 Å². The minimum atomic E-state index is -1.03. The van der Waals surface area contributed by atoms with Crippen molar-refractivity contribution in [2.75, 3.05) is 12.0 Å². The smallest absolute Gasteiger partial charge is 0.322 e. The van der Waals surface area contributed by atoms with Crippen molar-refractivity contribution in [3.63, 3.8) is 0 Å². The lowest BCUT2D eigenvalue weighted by molar-refractivity contribution is -0.137. The molecule has 11 heteroatoms. The highest BCUT2D eigenvalue weighted by Gasteiger charge is 1.97. The SMILES string of the molecule is CC(=O)NCC(=O)O.N=C(N)c1ccc(N=NNc2ccc(C(=N)N)cc2)cc1. The first kappa shape index (κ1) is 22.8. The molecule has 0 aliphatic rings. The number of hydrogen-bond donors (Lipinski definition) is 7. The molecule has 0 aliphatic carbocycles. The highest BCUT2D eigenvalue weighted by atomic mass is 16.4. The average molecular weight is 398 g/mol. The van der Waals surface area contributed by atoms with Gasteiger partial charge in [-0.2, -0.15) is 0 Å². The van der Waals surface area contributed by atoms with Crippen molar-refractivity contribution in [3.8, 4) is 0 Å². The second kappa shape index (κ2) is 11.4. The molecule has 11 nitrogen and oxygen atoms in total. The molecule has 0 aromatic heterocycles. The Bertz CT molecular complexity index is 878. The molecule has 0 spiro atoms. The molecule has 2 rings (SSSR count). The summed E-state index contributed by atoms with van der Waals surface area (Å²) in [7, 11) is 0. The number of benzene rings is 2. The fourth-order valence-electron chi connectivity index (χ4n) is 1.77. The number of amidine groups is 2. The number of carbonyl (C=O) groups excluding carboxylic acids is 1. The standard InChI is InChI=1S/C14H15N7.C4H7NO3/c15-13(16)9-1-5-11(6-2-9)19-21-20-12-7-3-10(4-8-12)14(17)18;1-3(6)5-2-4(7)8/h1-8H,(H3,15,16)(H3,17,18)(H,19,20);2H2,1H3,(H,5,6)(H,7,8). The van der Waals surface area contributed by atoms with Crippen LogP contribution in [0.4, 0.5) is 11.4 Å². The lowest BCUT2D eigenvalue weighted by atomic mass is 10.2. The fraction of sp³-hybridized carbons (Fsp3) is 0.111. The van der Waals surface area contributed by atoms with E-state index in [1.807, 2.05) is 0 Å². The summed E-state index contributed by atoms with van der Waals surface area (Å²) in [5.74, 6) is -1.32. The highest BCUT2D eigenvalue weighted by molar-refractivity contribution is 5.95. The predicted molar refractivity (Wildman–Crippen MR) is 109 cm³/mol. The first-order chi connectivity index (χ1) is 13.7. The summed E-state index contributed by atoms with van der Waals surface area (Å²) < 4.78 is 0. The molecule has 0 saturated carbocycles. The molecule has 152 valence electrons. The minimum Gasteiger partial charge on any atom is -0.480 e. The summed E-state index contributed by atoms with van der Waals surface area (Å²) in [6.45, 7) is 0.971. The van der Waals surface area contributed by atoms with Crippen molar-refractivity contribution in [3.05, 3.63) is 59.7 Å². The van der Waals surface area contributed by atoms with E-state index in [-0.39, 0.29) is 24.1 Å². The zero-order valence-corrected chi connectivity index (χ0v) is 15.6. The quantitative estimate of drug-likeness (QED) is 0.159. The summed E-state index contributed by atoms with van der Waals surface area (Å²) in [5, 5.41) is 32.5. The summed E-state index contributed by atoms with van der Waals surface area (Å²) in [6, 6.07) is 13.8. The van der Waals surface area contributed by atoms with E-state index in [4.69, 9.17) is 27.4 Å². The van der Waals surface area contributed by atoms with Crippen LogP contribution in [-0.4, -0.2) is 35.2 Å². The van der Waals surface area contributed by atoms with Crippen LogP contribution in [0.2, 0.25) is 0 Å². The zero-order chi connectivity index (χ0) is 21.8. The van der Waals surface area contributed by atoms with Gasteiger partial charge in [0.15, 0.2) is 0 Å². The number of hydrogen-bond acceptors (Lipinski definition) is 6. The number of rotatable bonds is 7. The minimum absolute atomic E-state index is 0.0159. The topological polar surface area (TPSA) is 203 Å². The van der Waals surface area contributed by atoms with Crippen LogP contribution in [-0.2, 0) is 9.59 Å². The molecular weight excluding hydrogens is 376 g/mol. The summed E-state index contributed by atoms with van der Waals surface area (Å²) in [5.41, 5.74) is 16.2. The van der Waals surface area contributed by atoms with Gasteiger partial charge in [0.1, 0.15) is 18.2 Å². The number of nitrogen functional groups attached to an aromatic ring is 2. The molecular formula is C18H22N8O3. The highest BCUT2D eigenvalue weighted by Crippen LogP contribution is 2.14. The summed E-state index contributed by atoms with van der Waals surface area (Å²) >= 11 is 0. The summed E-state index contributed by atoms with van der Waals surface area (Å²) in [6.07, 6.45) is 0. The monoisotopic (exact) mass is 398 g/mol. The van der Waals surface area contributed by atoms with Crippen molar-refractivity contribution >= 4 is 34.9 Å². The molecule has 0 unspecified atom stereocenters. The Balaban J connectivity index is 0.000000447. The number of carbonyl (C=O) groups is 2. The Morgan fingerprint density at radius 1 is 0.966 bits per heavy atom. The van der Waals surface area contributed by atoms with Gasteiger partial charge in [0.2, 0.25) is 5.91 Å². The molecule has 0 fully saturated rings. The van der Waals surface area contributed by atoms with Gasteiger partial charge in [0.25, 0.3) is 0 Å². The van der Waals surface area contributed by atoms with Crippen molar-refractivity contribution in [1.82, 2.24) is 5.32 Å². The van der Waals surface area contributed by atoms with Gasteiger partial charge in [-0.05, 0) is 48.5 Å². The fourth-order valence-corrected chi connectivity index (χ4v) is 1.77. The zero-order valence-electron chi connectivity index (χ0n) is 15.6. The molecule has 0 bridgehead atoms. The molecule has 0 aliphatic heterocycles. The van der Waals surface area contributed by atoms with Crippen molar-refractivity contribution in [2.24, 2.45) is 21.8 Å². The van der Waals surface area contributed by atoms with E-state index in [0.29, 0.717) is 16.8 Å². The van der Waals surface area contributed by atoms with Crippen LogP contribution in [0.1, 0.15) is 18.1 Å². The Morgan fingerprint density at radius 3 is 1.83 bits per heavy atom. The first-order valence-electron chi connectivity index (χ1n) is 8.21. The van der Waals surface area contributed by atoms with Gasteiger partial charge in [-0.3, -0.25) is 25.8 Å². The van der Waals surface area contributed by atoms with Crippen molar-refractivity contribution < 1.29 is 14.7 Å². The van der Waals surface area contributed by atoms with E-state index in [1.165, 1.54) is 6.92 Å². The maximum absolute atomic E-state index is 9.97. The molecule has 0 radical (unpaired) electrons. The number of nitrogens with zero attached hydrogens (tertiary/aromatic N) is 2. The maximum Gasteiger partial charge on any atom is 0.322 e. The van der Waals surface area contributed by atoms with Crippen LogP contribution >= 0.6 is 0 Å². The number of carboxylic acid groups (broad SMARTS) is 1. The van der Waals surface area contributed by atoms with Crippen LogP contribution in [0.25, 0.3) is 0 Å². The van der Waals surface area contributed by atoms with Gasteiger partial charge >= 0.3 is 5.97 Å². The number of nitrogens with two attached hydrogens (primary N) is 2. The second-order valence-corrected chi connectivity index (χ2v) is 5.57. The normalized spacial score (nSPS) is 9.83. The molecule has 0 atom stereocenters. The molecule has 2 aromatic carbocycles. The van der Waals surface area contributed by atoms with Gasteiger partial charge in [-0.25, -0.2) is 0 Å². The lowest BCUT2D eigenvalue weighted by Gasteiger charge is -2.01. The van der Waals surface area contributed by atoms with Crippen LogP contribution < -0.4 is 22.2 Å². The summed E-state index contributed by atoms with van der Waals surface area (Å²) in [4.78, 5) is 19.7. The van der Waals surface area contributed by atoms with Gasteiger partial charge < -0.3 is 21.9 Å². The van der Waals surface area contributed by atoms with E-state index < -0.39 is 5.97 Å². The molecule has 0 saturated heterocycles. The van der Waals surface area contributed by atoms with E-state index >= 15 is 0 Å². The number of amides is 1. The Labute approximate surface area is 166 Å². The van der Waals surface area contributed by atoms with Crippen LogP contribution in [0.15, 0.2) is 58.9 Å². The number of nitrogens with one attached hydrogen (secondary N) is 4. The second-order valence-electron chi connectivity index (χ2n) is 5.57. The van der Waals surface area contributed by atoms with Gasteiger partial charge in [0, 0.05) is 18.1 Å². The lowest BCUT2D eigenvalue weighted by Crippen LogP contribution is -2.26. The Morgan fingerprint density at radius 2 is 1.45 bits per heavy atom. The van der Waals surface area contributed by atoms with Crippen LogP contribution in [0.3, 0.4) is 0 Å². The van der Waals surface area contributed by atoms with E-state index in [1.54, 1.807) is 48.5 Å². The van der Waals surface area contributed by atoms with Gasteiger partial charge in [0.05, 0.1) is 11.4 Å². The average Bonchev–Trinajstić information content (AvgIpc) is 2.67. The third kappa shape index (κ3) is 9.28. The Hall–Kier alpha value is -4.28. The van der Waals surface area contributed by atoms with Gasteiger partial charge in [-0.15, -0.1) is 5.11 Å².